The Morgan fingerprint density at radius 3 is 2.06 bits per heavy atom. The number of aryl methyl sites for hydroxylation is 1. The lowest BCUT2D eigenvalue weighted by Gasteiger charge is -2.36. The minimum absolute atomic E-state index is 0.0867. The van der Waals surface area contributed by atoms with Gasteiger partial charge in [0.15, 0.2) is 5.13 Å². The second-order valence-corrected chi connectivity index (χ2v) is 10.4. The van der Waals surface area contributed by atoms with Crippen molar-refractivity contribution in [3.63, 3.8) is 0 Å². The maximum absolute atomic E-state index is 13.1. The van der Waals surface area contributed by atoms with Crippen LogP contribution in [0.4, 0.5) is 10.8 Å². The molecule has 4 rings (SSSR count). The van der Waals surface area contributed by atoms with Crippen molar-refractivity contribution in [2.75, 3.05) is 50.0 Å². The van der Waals surface area contributed by atoms with Crippen molar-refractivity contribution in [2.45, 2.75) is 11.8 Å². The van der Waals surface area contributed by atoms with E-state index < -0.39 is 10.0 Å². The maximum atomic E-state index is 13.1. The number of anilines is 2. The lowest BCUT2D eigenvalue weighted by molar-refractivity contribution is 0.0750. The van der Waals surface area contributed by atoms with Crippen LogP contribution in [0.5, 0.6) is 11.5 Å². The molecule has 1 amide bonds. The molecule has 3 aromatic rings. The van der Waals surface area contributed by atoms with Gasteiger partial charge in [-0.2, -0.15) is 0 Å². The van der Waals surface area contributed by atoms with Crippen molar-refractivity contribution in [1.29, 1.82) is 0 Å². The molecular formula is C23H26N4O5S2. The molecule has 1 fully saturated rings. The average molecular weight is 503 g/mol. The number of carbonyl (C=O) groups is 1. The Kier molecular flexibility index (Phi) is 6.94. The highest BCUT2D eigenvalue weighted by Crippen LogP contribution is 2.28. The number of hydrogen-bond acceptors (Lipinski definition) is 8. The second kappa shape index (κ2) is 9.90. The topological polar surface area (TPSA) is 101 Å². The van der Waals surface area contributed by atoms with Gasteiger partial charge in [0.05, 0.1) is 24.8 Å². The zero-order valence-corrected chi connectivity index (χ0v) is 20.8. The van der Waals surface area contributed by atoms with Crippen LogP contribution in [0.3, 0.4) is 0 Å². The van der Waals surface area contributed by atoms with Crippen molar-refractivity contribution in [3.8, 4) is 11.5 Å². The van der Waals surface area contributed by atoms with E-state index in [1.54, 1.807) is 31.1 Å². The van der Waals surface area contributed by atoms with Crippen molar-refractivity contribution in [3.05, 3.63) is 59.1 Å². The lowest BCUT2D eigenvalue weighted by Crippen LogP contribution is -2.48. The molecule has 0 saturated carbocycles. The van der Waals surface area contributed by atoms with Crippen molar-refractivity contribution >= 4 is 38.1 Å². The summed E-state index contributed by atoms with van der Waals surface area (Å²) in [4.78, 5) is 21.9. The standard InChI is InChI=1S/C23H26N4O5S2/c1-16-21(33-23(24-16)25-34(29,30)20-10-8-19(32-3)9-11-20)22(28)27-14-12-26(13-15-27)17-4-6-18(31-2)7-5-17/h4-11H,12-15H2,1-3H3,(H,24,25). The molecule has 1 aliphatic heterocycles. The van der Waals surface area contributed by atoms with Gasteiger partial charge in [-0.25, -0.2) is 13.4 Å². The van der Waals surface area contributed by atoms with Gasteiger partial charge in [-0.3, -0.25) is 9.52 Å². The summed E-state index contributed by atoms with van der Waals surface area (Å²) in [5, 5.41) is 0.161. The van der Waals surface area contributed by atoms with Crippen LogP contribution in [-0.2, 0) is 10.0 Å². The van der Waals surface area contributed by atoms with E-state index in [1.807, 2.05) is 24.3 Å². The van der Waals surface area contributed by atoms with E-state index in [4.69, 9.17) is 9.47 Å². The number of benzene rings is 2. The number of sulfonamides is 1. The molecule has 180 valence electrons. The van der Waals surface area contributed by atoms with E-state index in [-0.39, 0.29) is 15.9 Å². The van der Waals surface area contributed by atoms with Crippen LogP contribution in [0, 0.1) is 6.92 Å². The summed E-state index contributed by atoms with van der Waals surface area (Å²) in [6, 6.07) is 13.9. The molecule has 1 saturated heterocycles. The van der Waals surface area contributed by atoms with Gasteiger partial charge in [0.1, 0.15) is 16.4 Å². The molecule has 1 aliphatic rings. The molecule has 11 heteroatoms. The number of rotatable bonds is 7. The minimum atomic E-state index is -3.83. The third-order valence-corrected chi connectivity index (χ3v) is 8.13. The van der Waals surface area contributed by atoms with Gasteiger partial charge >= 0.3 is 0 Å². The SMILES string of the molecule is COc1ccc(N2CCN(C(=O)c3sc(NS(=O)(=O)c4ccc(OC)cc4)nc3C)CC2)cc1. The van der Waals surface area contributed by atoms with Crippen LogP contribution in [-0.4, -0.2) is 64.6 Å². The van der Waals surface area contributed by atoms with Gasteiger partial charge in [0, 0.05) is 31.9 Å². The monoisotopic (exact) mass is 502 g/mol. The molecule has 0 unspecified atom stereocenters. The highest BCUT2D eigenvalue weighted by Gasteiger charge is 2.27. The number of nitrogens with one attached hydrogen (secondary N) is 1. The first-order chi connectivity index (χ1) is 16.3. The average Bonchev–Trinajstić information content (AvgIpc) is 3.22. The summed E-state index contributed by atoms with van der Waals surface area (Å²) >= 11 is 1.05. The Balaban J connectivity index is 1.41. The number of thiazole rings is 1. The van der Waals surface area contributed by atoms with Crippen LogP contribution in [0.25, 0.3) is 0 Å². The summed E-state index contributed by atoms with van der Waals surface area (Å²) in [6.45, 7) is 4.24. The van der Waals surface area contributed by atoms with Crippen LogP contribution < -0.4 is 19.1 Å². The number of methoxy groups -OCH3 is 2. The first-order valence-electron chi connectivity index (χ1n) is 10.6. The van der Waals surface area contributed by atoms with E-state index >= 15 is 0 Å². The fraction of sp³-hybridized carbons (Fsp3) is 0.304. The Morgan fingerprint density at radius 2 is 1.50 bits per heavy atom. The summed E-state index contributed by atoms with van der Waals surface area (Å²) in [5.74, 6) is 1.22. The molecule has 2 heterocycles. The maximum Gasteiger partial charge on any atom is 0.266 e. The van der Waals surface area contributed by atoms with Gasteiger partial charge in [-0.05, 0) is 55.5 Å². The first-order valence-corrected chi connectivity index (χ1v) is 12.9. The van der Waals surface area contributed by atoms with Gasteiger partial charge in [0.2, 0.25) is 0 Å². The van der Waals surface area contributed by atoms with Gasteiger partial charge in [0.25, 0.3) is 15.9 Å². The number of ether oxygens (including phenoxy) is 2. The largest absolute Gasteiger partial charge is 0.497 e. The van der Waals surface area contributed by atoms with Gasteiger partial charge < -0.3 is 19.3 Å². The zero-order chi connectivity index (χ0) is 24.3. The Bertz CT molecular complexity index is 1250. The molecule has 0 bridgehead atoms. The molecule has 1 N–H and O–H groups in total. The zero-order valence-electron chi connectivity index (χ0n) is 19.1. The lowest BCUT2D eigenvalue weighted by atomic mass is 10.2. The minimum Gasteiger partial charge on any atom is -0.497 e. The van der Waals surface area contributed by atoms with E-state index in [0.717, 1.165) is 22.8 Å². The summed E-state index contributed by atoms with van der Waals surface area (Å²) in [5.41, 5.74) is 1.58. The van der Waals surface area contributed by atoms with E-state index in [2.05, 4.69) is 14.6 Å². The molecule has 9 nitrogen and oxygen atoms in total. The van der Waals surface area contributed by atoms with Crippen LogP contribution in [0.15, 0.2) is 53.4 Å². The molecule has 0 aliphatic carbocycles. The molecule has 0 spiro atoms. The van der Waals surface area contributed by atoms with Crippen LogP contribution >= 0.6 is 11.3 Å². The molecule has 2 aromatic carbocycles. The summed E-state index contributed by atoms with van der Waals surface area (Å²) in [7, 11) is -0.687. The smallest absolute Gasteiger partial charge is 0.266 e. The molecule has 0 radical (unpaired) electrons. The summed E-state index contributed by atoms with van der Waals surface area (Å²) < 4.78 is 38.2. The predicted molar refractivity (Wildman–Crippen MR) is 132 cm³/mol. The fourth-order valence-corrected chi connectivity index (χ4v) is 5.84. The highest BCUT2D eigenvalue weighted by atomic mass is 32.2. The van der Waals surface area contributed by atoms with Crippen molar-refractivity contribution in [2.24, 2.45) is 0 Å². The van der Waals surface area contributed by atoms with E-state index in [1.165, 1.54) is 19.2 Å². The summed E-state index contributed by atoms with van der Waals surface area (Å²) in [6.07, 6.45) is 0. The molecule has 1 aromatic heterocycles. The van der Waals surface area contributed by atoms with Gasteiger partial charge in [-0.1, -0.05) is 11.3 Å². The molecule has 34 heavy (non-hydrogen) atoms. The number of piperazine rings is 1. The van der Waals surface area contributed by atoms with E-state index in [0.29, 0.717) is 42.5 Å². The molecular weight excluding hydrogens is 476 g/mol. The normalized spacial score (nSPS) is 14.1. The number of carbonyl (C=O) groups excluding carboxylic acids is 1. The van der Waals surface area contributed by atoms with Crippen LogP contribution in [0.1, 0.15) is 15.4 Å². The fourth-order valence-electron chi connectivity index (χ4n) is 3.67. The second-order valence-electron chi connectivity index (χ2n) is 7.69. The van der Waals surface area contributed by atoms with Crippen molar-refractivity contribution in [1.82, 2.24) is 9.88 Å². The predicted octanol–water partition coefficient (Wildman–Crippen LogP) is 3.23. The van der Waals surface area contributed by atoms with E-state index in [9.17, 15) is 13.2 Å². The molecule has 0 atom stereocenters. The number of nitrogens with zero attached hydrogens (tertiary/aromatic N) is 3. The van der Waals surface area contributed by atoms with Crippen LogP contribution in [0.2, 0.25) is 0 Å². The number of aromatic nitrogens is 1. The quantitative estimate of drug-likeness (QED) is 0.529. The number of hydrogen-bond donors (Lipinski definition) is 1. The first kappa shape index (κ1) is 23.8. The Labute approximate surface area is 203 Å². The third-order valence-electron chi connectivity index (χ3n) is 5.59. The van der Waals surface area contributed by atoms with Crippen molar-refractivity contribution < 1.29 is 22.7 Å². The van der Waals surface area contributed by atoms with Gasteiger partial charge in [-0.15, -0.1) is 0 Å². The third kappa shape index (κ3) is 5.10. The Hall–Kier alpha value is -3.31. The Morgan fingerprint density at radius 1 is 0.941 bits per heavy atom. The highest BCUT2D eigenvalue weighted by molar-refractivity contribution is 7.93. The number of amides is 1.